The minimum absolute atomic E-state index is 0. The number of carbonyl (C=O) groups is 4. The number of aromatic nitrogens is 12. The smallest absolute Gasteiger partial charge is 0.392 e. The lowest BCUT2D eigenvalue weighted by Gasteiger charge is -2.32. The van der Waals surface area contributed by atoms with Crippen molar-refractivity contribution in [3.05, 3.63) is 305 Å². The molecule has 2 N–H and O–H groups in total. The minimum atomic E-state index is -4.60. The molecule has 0 spiro atoms. The van der Waals surface area contributed by atoms with Gasteiger partial charge in [0.15, 0.2) is 0 Å². The number of benzene rings is 4. The van der Waals surface area contributed by atoms with Gasteiger partial charge in [0.25, 0.3) is 23.6 Å². The third kappa shape index (κ3) is 23.1. The molecular formula is C92H82Br2F12N16O6S4. The van der Waals surface area contributed by atoms with Crippen LogP contribution in [0.15, 0.2) is 171 Å². The van der Waals surface area contributed by atoms with Gasteiger partial charge in [-0.25, -0.2) is 0 Å². The van der Waals surface area contributed by atoms with E-state index in [-0.39, 0.29) is 150 Å². The van der Waals surface area contributed by atoms with Gasteiger partial charge in [-0.2, -0.15) is 127 Å². The maximum absolute atomic E-state index is 13.3. The van der Waals surface area contributed by atoms with Crippen molar-refractivity contribution in [3.8, 4) is 47.4 Å². The highest BCUT2D eigenvalue weighted by atomic mass is 79.9. The molecule has 12 heterocycles. The SMILES string of the molecule is Cc1cc(CBr)c(C#Cc2cnn3c2C(=O)N(c2ccc(C(F)(F)F)cc2)C[C@@H]3C)cn1.Cc1cc(CO)c(C#Cc2cnn3c2C(=O)N(c2ccc(C(F)(F)F)cc2)C[C@@H]3C)cn1.Cc1ccc(C#Cc2cnn3c2C(=O)N(c2ccc(C(F)(F)F)c(CBr)c2)C[C@@H]3C)cn1.Cc1ccc(C#Cc2cnn3c2C(=O)N(c2ccc(C(F)(F)F)c(CO)c2)C[C@@H]3C)cn1.S.S.S.S. The van der Waals surface area contributed by atoms with Crippen molar-refractivity contribution in [1.29, 1.82) is 0 Å². The Morgan fingerprint density at radius 3 is 0.909 bits per heavy atom. The van der Waals surface area contributed by atoms with E-state index in [4.69, 9.17) is 0 Å². The molecule has 0 unspecified atom stereocenters. The molecule has 132 heavy (non-hydrogen) atoms. The Balaban J connectivity index is 0.000000196. The van der Waals surface area contributed by atoms with Crippen LogP contribution in [0.1, 0.15) is 206 Å². The van der Waals surface area contributed by atoms with Crippen molar-refractivity contribution < 1.29 is 82.1 Å². The van der Waals surface area contributed by atoms with Gasteiger partial charge in [-0.3, -0.25) is 57.8 Å². The largest absolute Gasteiger partial charge is 0.416 e. The molecule has 4 aromatic carbocycles. The van der Waals surface area contributed by atoms with Crippen molar-refractivity contribution in [2.75, 3.05) is 45.8 Å². The average Bonchev–Trinajstić information content (AvgIpc) is 1.61. The van der Waals surface area contributed by atoms with Gasteiger partial charge in [-0.15, -0.1) is 0 Å². The first-order valence-electron chi connectivity index (χ1n) is 39.3. The first kappa shape index (κ1) is 104. The number of amides is 4. The summed E-state index contributed by atoms with van der Waals surface area (Å²) in [6.45, 7) is 15.0. The maximum Gasteiger partial charge on any atom is 0.416 e. The number of aliphatic hydroxyl groups is 2. The monoisotopic (exact) mass is 2020 g/mol. The number of rotatable bonds is 8. The van der Waals surface area contributed by atoms with E-state index in [2.05, 4.69) is 120 Å². The van der Waals surface area contributed by atoms with Gasteiger partial charge in [0.2, 0.25) is 0 Å². The highest BCUT2D eigenvalue weighted by molar-refractivity contribution is 9.08. The highest BCUT2D eigenvalue weighted by Crippen LogP contribution is 2.41. The summed E-state index contributed by atoms with van der Waals surface area (Å²) in [4.78, 5) is 75.7. The number of alkyl halides is 14. The molecule has 16 rings (SSSR count). The fourth-order valence-electron chi connectivity index (χ4n) is 14.4. The third-order valence-corrected chi connectivity index (χ3v) is 22.1. The van der Waals surface area contributed by atoms with E-state index in [9.17, 15) is 82.1 Å². The first-order valence-corrected chi connectivity index (χ1v) is 41.5. The van der Waals surface area contributed by atoms with Crippen LogP contribution in [0, 0.1) is 75.1 Å². The summed E-state index contributed by atoms with van der Waals surface area (Å²) < 4.78 is 163. The van der Waals surface area contributed by atoms with E-state index in [1.54, 1.807) is 68.9 Å². The summed E-state index contributed by atoms with van der Waals surface area (Å²) in [6.07, 6.45) is -5.32. The zero-order chi connectivity index (χ0) is 92.2. The van der Waals surface area contributed by atoms with Crippen LogP contribution >= 0.6 is 85.8 Å². The van der Waals surface area contributed by atoms with Crippen molar-refractivity contribution >= 4 is 132 Å². The first-order chi connectivity index (χ1) is 60.7. The van der Waals surface area contributed by atoms with Crippen LogP contribution in [0.4, 0.5) is 75.4 Å². The van der Waals surface area contributed by atoms with Gasteiger partial charge >= 0.3 is 24.7 Å². The summed E-state index contributed by atoms with van der Waals surface area (Å²) in [5, 5.41) is 36.8. The van der Waals surface area contributed by atoms with Crippen LogP contribution in [0.3, 0.4) is 0 Å². The highest BCUT2D eigenvalue weighted by Gasteiger charge is 2.42. The van der Waals surface area contributed by atoms with Gasteiger partial charge in [0.1, 0.15) is 22.8 Å². The number of halogens is 14. The number of fused-ring (bicyclic) bond motifs is 4. The quantitative estimate of drug-likeness (QED) is 0.0816. The van der Waals surface area contributed by atoms with E-state index < -0.39 is 65.4 Å². The molecule has 0 saturated heterocycles. The molecule has 4 aliphatic heterocycles. The number of anilines is 4. The Bertz CT molecular complexity index is 6150. The molecule has 8 aromatic heterocycles. The summed E-state index contributed by atoms with van der Waals surface area (Å²) in [5.41, 5.74) is 8.54. The summed E-state index contributed by atoms with van der Waals surface area (Å²) in [7, 11) is 0. The molecule has 40 heteroatoms. The van der Waals surface area contributed by atoms with E-state index in [0.717, 1.165) is 70.3 Å². The Hall–Kier alpha value is -12.1. The third-order valence-electron chi connectivity index (χ3n) is 20.9. The standard InChI is InChI=1S/2C23H18BrF3N4O.2C23H19F3N4O2.4H2S/c1-14-9-18(10-24)16(11-28-14)3-4-17-12-29-31-15(2)13-30(22(32)21(17)31)20-7-5-19(6-8-20)23(25,26)27;1-14-3-4-16(11-28-14)5-6-17-12-29-31-15(2)13-30(22(32)21(17)31)19-7-8-20(23(25,26)27)18(9-19)10-24;1-14-9-18(13-31)16(10-27-14)3-4-17-11-28-30-15(2)12-29(22(32)21(17)30)20-7-5-19(6-8-20)23(24,25)26;1-14-3-4-16(10-27-14)5-6-17-11-28-30-15(2)12-29(22(32)21(17)30)19-7-8-20(23(24,25)26)18(9-19)13-31;;;;/h5-9,11-12,15H,10,13H2,1-2H3;3-4,7-9,11-12,15H,10,13H2,1-2H3;5-11,15,31H,12-13H2,1-2H3;3-4,7-11,15,31H,12-13H2,1-2H3;4*1H2/t4*15-;;;;/m0000..../s1. The van der Waals surface area contributed by atoms with Crippen LogP contribution in [0.25, 0.3) is 0 Å². The molecule has 0 bridgehead atoms. The lowest BCUT2D eigenvalue weighted by Crippen LogP contribution is -2.43. The van der Waals surface area contributed by atoms with E-state index in [1.807, 2.05) is 78.8 Å². The fourth-order valence-corrected chi connectivity index (χ4v) is 15.3. The van der Waals surface area contributed by atoms with Crippen molar-refractivity contribution in [3.63, 3.8) is 0 Å². The molecule has 4 atom stereocenters. The second kappa shape index (κ2) is 43.1. The normalized spacial score (nSPS) is 15.4. The second-order valence-electron chi connectivity index (χ2n) is 30.2. The number of pyridine rings is 4. The molecule has 12 aromatic rings. The topological polar surface area (TPSA) is 245 Å². The summed E-state index contributed by atoms with van der Waals surface area (Å²) >= 11 is 6.57. The summed E-state index contributed by atoms with van der Waals surface area (Å²) in [5.74, 6) is 22.3. The molecule has 0 saturated carbocycles. The number of aliphatic hydroxyl groups excluding tert-OH is 2. The van der Waals surface area contributed by atoms with Crippen molar-refractivity contribution in [2.45, 2.75) is 128 Å². The van der Waals surface area contributed by atoms with Gasteiger partial charge in [-0.05, 0) is 199 Å². The van der Waals surface area contributed by atoms with Gasteiger partial charge in [0.05, 0.1) is 107 Å². The Labute approximate surface area is 794 Å². The van der Waals surface area contributed by atoms with Gasteiger partial charge in [-0.1, -0.05) is 79.2 Å². The average molecular weight is 2020 g/mol. The predicted molar refractivity (Wildman–Crippen MR) is 499 cm³/mol. The molecule has 4 amide bonds. The van der Waals surface area contributed by atoms with Crippen molar-refractivity contribution in [2.24, 2.45) is 0 Å². The molecule has 688 valence electrons. The fraction of sp³-hybridized carbons (Fsp3) is 0.261. The molecule has 0 aliphatic carbocycles. The Morgan fingerprint density at radius 2 is 0.606 bits per heavy atom. The molecular weight excluding hydrogens is 1940 g/mol. The van der Waals surface area contributed by atoms with Crippen LogP contribution in [0.2, 0.25) is 0 Å². The lowest BCUT2D eigenvalue weighted by atomic mass is 10.0. The zero-order valence-electron chi connectivity index (χ0n) is 71.1. The van der Waals surface area contributed by atoms with Gasteiger partial charge < -0.3 is 29.8 Å². The minimum Gasteiger partial charge on any atom is -0.392 e. The van der Waals surface area contributed by atoms with Crippen LogP contribution in [-0.4, -0.2) is 119 Å². The van der Waals surface area contributed by atoms with E-state index in [0.29, 0.717) is 84.8 Å². The van der Waals surface area contributed by atoms with E-state index >= 15 is 0 Å². The van der Waals surface area contributed by atoms with Gasteiger partial charge in [0, 0.05) is 129 Å². The van der Waals surface area contributed by atoms with Crippen molar-refractivity contribution in [1.82, 2.24) is 59.1 Å². The molecule has 0 radical (unpaired) electrons. The molecule has 22 nitrogen and oxygen atoms in total. The number of nitrogens with zero attached hydrogens (tertiary/aromatic N) is 16. The number of carbonyl (C=O) groups excluding carboxylic acids is 4. The van der Waals surface area contributed by atoms with E-state index in [1.165, 1.54) is 80.5 Å². The lowest BCUT2D eigenvalue weighted by molar-refractivity contribution is -0.139. The second-order valence-corrected chi connectivity index (χ2v) is 31.3. The maximum atomic E-state index is 13.3. The Kier molecular flexibility index (Phi) is 33.8. The zero-order valence-corrected chi connectivity index (χ0v) is 78.3. The van der Waals surface area contributed by atoms with Crippen LogP contribution < -0.4 is 19.6 Å². The molecule has 0 fully saturated rings. The number of aryl methyl sites for hydroxylation is 4. The predicted octanol–water partition coefficient (Wildman–Crippen LogP) is 18.1. The Morgan fingerprint density at radius 1 is 0.326 bits per heavy atom. The number of hydrogen-bond acceptors (Lipinski definition) is 14. The van der Waals surface area contributed by atoms with Crippen LogP contribution in [-0.2, 0) is 48.6 Å². The van der Waals surface area contributed by atoms with Crippen LogP contribution in [0.5, 0.6) is 0 Å². The summed E-state index contributed by atoms with van der Waals surface area (Å²) in [6, 6.07) is 26.4. The molecule has 4 aliphatic rings. The number of hydrogen-bond donors (Lipinski definition) is 2.